The fourth-order valence-electron chi connectivity index (χ4n) is 3.24. The zero-order chi connectivity index (χ0) is 19.7. The predicted octanol–water partition coefficient (Wildman–Crippen LogP) is 3.45. The van der Waals surface area contributed by atoms with Gasteiger partial charge in [0, 0.05) is 23.2 Å². The molecule has 1 amide bonds. The smallest absolute Gasteiger partial charge is 0.242 e. The maximum atomic E-state index is 13.0. The normalized spacial score (nSPS) is 13.5. The van der Waals surface area contributed by atoms with E-state index in [0.717, 1.165) is 23.2 Å². The minimum atomic E-state index is -3.66. The zero-order valence-electron chi connectivity index (χ0n) is 14.8. The molecular weight excluding hydrogens is 399 g/mol. The minimum Gasteiger partial charge on any atom is -0.311 e. The molecular formula is C20H17FN2O3S2. The summed E-state index contributed by atoms with van der Waals surface area (Å²) in [5.74, 6) is -1.61. The second-order valence-corrected chi connectivity index (χ2v) is 9.53. The Kier molecular flexibility index (Phi) is 4.99. The summed E-state index contributed by atoms with van der Waals surface area (Å²) in [6.07, 6.45) is 0.731. The van der Waals surface area contributed by atoms with Crippen LogP contribution in [0.3, 0.4) is 0 Å². The van der Waals surface area contributed by atoms with E-state index in [2.05, 4.69) is 4.98 Å². The third-order valence-electron chi connectivity index (χ3n) is 4.54. The van der Waals surface area contributed by atoms with Gasteiger partial charge in [0.2, 0.25) is 5.91 Å². The standard InChI is InChI=1S/C20H17FN2O3S2/c21-16-7-5-15(6-8-16)20-22-17(11-27-20)12-28(25,26)13-19(24)23-10-9-14-3-1-2-4-18(14)23/h1-8,11H,9-10,12-13H2. The molecule has 0 aliphatic carbocycles. The maximum Gasteiger partial charge on any atom is 0.242 e. The summed E-state index contributed by atoms with van der Waals surface area (Å²) in [5.41, 5.74) is 2.95. The van der Waals surface area contributed by atoms with Crippen molar-refractivity contribution in [3.63, 3.8) is 0 Å². The third-order valence-corrected chi connectivity index (χ3v) is 6.90. The second kappa shape index (κ2) is 7.44. The van der Waals surface area contributed by atoms with Gasteiger partial charge in [-0.1, -0.05) is 18.2 Å². The Morgan fingerprint density at radius 1 is 1.14 bits per heavy atom. The van der Waals surface area contributed by atoms with Crippen molar-refractivity contribution in [2.75, 3.05) is 17.2 Å². The van der Waals surface area contributed by atoms with E-state index in [0.29, 0.717) is 17.2 Å². The number of hydrogen-bond donors (Lipinski definition) is 0. The molecule has 0 spiro atoms. The van der Waals surface area contributed by atoms with Gasteiger partial charge in [0.15, 0.2) is 9.84 Å². The van der Waals surface area contributed by atoms with Crippen LogP contribution in [0.4, 0.5) is 10.1 Å². The molecule has 3 aromatic rings. The van der Waals surface area contributed by atoms with Gasteiger partial charge >= 0.3 is 0 Å². The Labute approximate surface area is 166 Å². The van der Waals surface area contributed by atoms with Gasteiger partial charge in [0.1, 0.15) is 16.6 Å². The lowest BCUT2D eigenvalue weighted by Crippen LogP contribution is -2.34. The van der Waals surface area contributed by atoms with Crippen molar-refractivity contribution in [1.82, 2.24) is 4.98 Å². The molecule has 0 unspecified atom stereocenters. The SMILES string of the molecule is O=C(CS(=O)(=O)Cc1csc(-c2ccc(F)cc2)n1)N1CCc2ccccc21. The predicted molar refractivity (Wildman–Crippen MR) is 107 cm³/mol. The van der Waals surface area contributed by atoms with Crippen LogP contribution in [0.2, 0.25) is 0 Å². The van der Waals surface area contributed by atoms with Crippen molar-refractivity contribution in [3.8, 4) is 10.6 Å². The molecule has 0 saturated carbocycles. The van der Waals surface area contributed by atoms with Crippen LogP contribution in [0.1, 0.15) is 11.3 Å². The van der Waals surface area contributed by atoms with E-state index in [1.807, 2.05) is 24.3 Å². The monoisotopic (exact) mass is 416 g/mol. The van der Waals surface area contributed by atoms with Crippen LogP contribution >= 0.6 is 11.3 Å². The number of sulfone groups is 1. The molecule has 28 heavy (non-hydrogen) atoms. The highest BCUT2D eigenvalue weighted by molar-refractivity contribution is 7.91. The van der Waals surface area contributed by atoms with Gasteiger partial charge in [-0.3, -0.25) is 4.79 Å². The van der Waals surface area contributed by atoms with E-state index in [-0.39, 0.29) is 11.6 Å². The number of anilines is 1. The fourth-order valence-corrected chi connectivity index (χ4v) is 5.40. The number of benzene rings is 2. The van der Waals surface area contributed by atoms with Gasteiger partial charge in [0.05, 0.1) is 11.4 Å². The molecule has 2 aromatic carbocycles. The summed E-state index contributed by atoms with van der Waals surface area (Å²) in [5, 5.41) is 2.27. The first-order valence-electron chi connectivity index (χ1n) is 8.70. The van der Waals surface area contributed by atoms with Crippen LogP contribution in [0.15, 0.2) is 53.9 Å². The lowest BCUT2D eigenvalue weighted by atomic mass is 10.2. The number of aromatic nitrogens is 1. The van der Waals surface area contributed by atoms with Crippen molar-refractivity contribution in [1.29, 1.82) is 0 Å². The summed E-state index contributed by atoms with van der Waals surface area (Å²) in [7, 11) is -3.66. The Hall–Kier alpha value is -2.58. The van der Waals surface area contributed by atoms with Gasteiger partial charge in [-0.25, -0.2) is 17.8 Å². The van der Waals surface area contributed by atoms with Crippen molar-refractivity contribution in [2.24, 2.45) is 0 Å². The molecule has 0 atom stereocenters. The number of thiazole rings is 1. The zero-order valence-corrected chi connectivity index (χ0v) is 16.5. The molecule has 0 saturated heterocycles. The quantitative estimate of drug-likeness (QED) is 0.639. The van der Waals surface area contributed by atoms with Crippen LogP contribution in [-0.2, 0) is 26.8 Å². The topological polar surface area (TPSA) is 67.3 Å². The third kappa shape index (κ3) is 3.98. The number of nitrogens with zero attached hydrogens (tertiary/aromatic N) is 2. The number of amides is 1. The first kappa shape index (κ1) is 18.8. The molecule has 1 aliphatic rings. The van der Waals surface area contributed by atoms with E-state index >= 15 is 0 Å². The van der Waals surface area contributed by atoms with Crippen LogP contribution in [0.5, 0.6) is 0 Å². The van der Waals surface area contributed by atoms with Crippen molar-refractivity contribution < 1.29 is 17.6 Å². The average molecular weight is 416 g/mol. The average Bonchev–Trinajstić information content (AvgIpc) is 3.28. The largest absolute Gasteiger partial charge is 0.311 e. The fraction of sp³-hybridized carbons (Fsp3) is 0.200. The van der Waals surface area contributed by atoms with Gasteiger partial charge < -0.3 is 4.90 Å². The summed E-state index contributed by atoms with van der Waals surface area (Å²) in [6, 6.07) is 13.4. The van der Waals surface area contributed by atoms with Crippen LogP contribution < -0.4 is 4.90 Å². The summed E-state index contributed by atoms with van der Waals surface area (Å²) in [4.78, 5) is 18.4. The number of carbonyl (C=O) groups is 1. The Balaban J connectivity index is 1.45. The Bertz CT molecular complexity index is 1120. The number of para-hydroxylation sites is 1. The molecule has 0 radical (unpaired) electrons. The highest BCUT2D eigenvalue weighted by atomic mass is 32.2. The van der Waals surface area contributed by atoms with Crippen molar-refractivity contribution >= 4 is 32.8 Å². The molecule has 1 aromatic heterocycles. The van der Waals surface area contributed by atoms with Gasteiger partial charge in [-0.15, -0.1) is 11.3 Å². The van der Waals surface area contributed by atoms with Gasteiger partial charge in [-0.05, 0) is 42.3 Å². The highest BCUT2D eigenvalue weighted by Crippen LogP contribution is 2.28. The van der Waals surface area contributed by atoms with Crippen molar-refractivity contribution in [2.45, 2.75) is 12.2 Å². The number of rotatable bonds is 5. The van der Waals surface area contributed by atoms with Crippen LogP contribution in [-0.4, -0.2) is 31.6 Å². The molecule has 0 bridgehead atoms. The van der Waals surface area contributed by atoms with Crippen LogP contribution in [0.25, 0.3) is 10.6 Å². The van der Waals surface area contributed by atoms with Gasteiger partial charge in [-0.2, -0.15) is 0 Å². The van der Waals surface area contributed by atoms with E-state index in [9.17, 15) is 17.6 Å². The molecule has 2 heterocycles. The molecule has 8 heteroatoms. The number of fused-ring (bicyclic) bond motifs is 1. The molecule has 1 aliphatic heterocycles. The molecule has 144 valence electrons. The molecule has 0 N–H and O–H groups in total. The Morgan fingerprint density at radius 3 is 2.68 bits per heavy atom. The summed E-state index contributed by atoms with van der Waals surface area (Å²) >= 11 is 1.29. The lowest BCUT2D eigenvalue weighted by molar-refractivity contribution is -0.116. The van der Waals surface area contributed by atoms with Crippen LogP contribution in [0, 0.1) is 5.82 Å². The number of hydrogen-bond acceptors (Lipinski definition) is 5. The number of carbonyl (C=O) groups excluding carboxylic acids is 1. The Morgan fingerprint density at radius 2 is 1.89 bits per heavy atom. The maximum absolute atomic E-state index is 13.0. The first-order chi connectivity index (χ1) is 13.4. The molecule has 0 fully saturated rings. The van der Waals surface area contributed by atoms with E-state index < -0.39 is 21.5 Å². The summed E-state index contributed by atoms with van der Waals surface area (Å²) < 4.78 is 38.1. The van der Waals surface area contributed by atoms with Crippen molar-refractivity contribution in [3.05, 3.63) is 71.0 Å². The summed E-state index contributed by atoms with van der Waals surface area (Å²) in [6.45, 7) is 0.499. The first-order valence-corrected chi connectivity index (χ1v) is 11.4. The van der Waals surface area contributed by atoms with E-state index in [4.69, 9.17) is 0 Å². The van der Waals surface area contributed by atoms with Gasteiger partial charge in [0.25, 0.3) is 0 Å². The second-order valence-electron chi connectivity index (χ2n) is 6.61. The highest BCUT2D eigenvalue weighted by Gasteiger charge is 2.28. The van der Waals surface area contributed by atoms with E-state index in [1.165, 1.54) is 28.4 Å². The van der Waals surface area contributed by atoms with E-state index in [1.54, 1.807) is 17.5 Å². The number of halogens is 1. The molecule has 4 rings (SSSR count). The molecule has 5 nitrogen and oxygen atoms in total. The minimum absolute atomic E-state index is 0.300. The lowest BCUT2D eigenvalue weighted by Gasteiger charge is -2.17.